The molecular formula is C38H49ClN6. The molecule has 4 heterocycles. The van der Waals surface area contributed by atoms with Gasteiger partial charge in [-0.25, -0.2) is 0 Å². The standard InChI is InChI=1S/C38H48N6.ClH/c1-5-7-21-43-35-17-11-9-15-31(35)33-23-29(41-27(3)37(33)43)25-39-19-13-14-20-40-26-30-24-34-32-16-10-12-18-36(32)44(22-8-6-2)38(34)28(4)42-30;/h9-12,15-18,23-24,39-40H,5-8,13-14,19-22,25-26H2,1-4H3;1H. The maximum Gasteiger partial charge on any atom is 0.0707 e. The fourth-order valence-corrected chi connectivity index (χ4v) is 6.88. The molecule has 0 amide bonds. The molecule has 4 aromatic heterocycles. The lowest BCUT2D eigenvalue weighted by Crippen LogP contribution is -2.19. The van der Waals surface area contributed by atoms with Crippen LogP contribution in [0.1, 0.15) is 75.1 Å². The van der Waals surface area contributed by atoms with E-state index in [2.05, 4.69) is 108 Å². The molecule has 0 atom stereocenters. The molecule has 2 N–H and O–H groups in total. The van der Waals surface area contributed by atoms with Gasteiger partial charge in [0, 0.05) is 58.8 Å². The second kappa shape index (κ2) is 15.2. The van der Waals surface area contributed by atoms with Crippen LogP contribution in [0.4, 0.5) is 0 Å². The van der Waals surface area contributed by atoms with Gasteiger partial charge < -0.3 is 19.8 Å². The van der Waals surface area contributed by atoms with Crippen molar-refractivity contribution < 1.29 is 0 Å². The van der Waals surface area contributed by atoms with E-state index in [0.29, 0.717) is 0 Å². The molecule has 0 aliphatic carbocycles. The maximum atomic E-state index is 5.01. The first-order chi connectivity index (χ1) is 21.6. The number of benzene rings is 2. The van der Waals surface area contributed by atoms with Crippen LogP contribution in [-0.4, -0.2) is 32.2 Å². The van der Waals surface area contributed by atoms with Gasteiger partial charge in [0.2, 0.25) is 0 Å². The molecule has 45 heavy (non-hydrogen) atoms. The zero-order valence-electron chi connectivity index (χ0n) is 27.5. The molecule has 0 unspecified atom stereocenters. The van der Waals surface area contributed by atoms with Gasteiger partial charge in [-0.1, -0.05) is 63.1 Å². The second-order valence-corrected chi connectivity index (χ2v) is 12.3. The molecule has 2 aromatic carbocycles. The Balaban J connectivity index is 0.00000400. The van der Waals surface area contributed by atoms with E-state index in [4.69, 9.17) is 9.97 Å². The van der Waals surface area contributed by atoms with Crippen LogP contribution in [-0.2, 0) is 26.2 Å². The molecule has 6 rings (SSSR count). The number of nitrogens with zero attached hydrogens (tertiary/aromatic N) is 4. The smallest absolute Gasteiger partial charge is 0.0707 e. The van der Waals surface area contributed by atoms with Gasteiger partial charge in [-0.3, -0.25) is 9.97 Å². The first-order valence-electron chi connectivity index (χ1n) is 16.8. The van der Waals surface area contributed by atoms with E-state index < -0.39 is 0 Å². The predicted octanol–water partition coefficient (Wildman–Crippen LogP) is 8.99. The molecule has 0 saturated heterocycles. The normalized spacial score (nSPS) is 11.7. The molecular weight excluding hydrogens is 576 g/mol. The van der Waals surface area contributed by atoms with Gasteiger partial charge in [-0.15, -0.1) is 12.4 Å². The minimum Gasteiger partial charge on any atom is -0.339 e. The van der Waals surface area contributed by atoms with Crippen LogP contribution in [0.5, 0.6) is 0 Å². The highest BCUT2D eigenvalue weighted by Crippen LogP contribution is 2.32. The Labute approximate surface area is 274 Å². The first-order valence-corrected chi connectivity index (χ1v) is 16.8. The largest absolute Gasteiger partial charge is 0.339 e. The van der Waals surface area contributed by atoms with Crippen molar-refractivity contribution in [2.75, 3.05) is 13.1 Å². The monoisotopic (exact) mass is 624 g/mol. The summed E-state index contributed by atoms with van der Waals surface area (Å²) in [4.78, 5) is 10.0. The van der Waals surface area contributed by atoms with Crippen LogP contribution >= 0.6 is 12.4 Å². The maximum absolute atomic E-state index is 5.01. The molecule has 0 aliphatic rings. The van der Waals surface area contributed by atoms with Gasteiger partial charge in [0.05, 0.1) is 33.8 Å². The fourth-order valence-electron chi connectivity index (χ4n) is 6.88. The number of rotatable bonds is 15. The van der Waals surface area contributed by atoms with Crippen molar-refractivity contribution in [1.82, 2.24) is 29.7 Å². The minimum atomic E-state index is 0. The van der Waals surface area contributed by atoms with E-state index in [0.717, 1.165) is 74.9 Å². The average molecular weight is 625 g/mol. The molecule has 0 radical (unpaired) electrons. The second-order valence-electron chi connectivity index (χ2n) is 12.3. The predicted molar refractivity (Wildman–Crippen MR) is 194 cm³/mol. The van der Waals surface area contributed by atoms with Crippen LogP contribution in [0.2, 0.25) is 0 Å². The first kappa shape index (κ1) is 32.9. The highest BCUT2D eigenvalue weighted by atomic mass is 35.5. The molecule has 6 nitrogen and oxygen atoms in total. The lowest BCUT2D eigenvalue weighted by molar-refractivity contribution is 0.576. The van der Waals surface area contributed by atoms with Crippen molar-refractivity contribution in [1.29, 1.82) is 0 Å². The summed E-state index contributed by atoms with van der Waals surface area (Å²) in [5.74, 6) is 0. The Kier molecular flexibility index (Phi) is 11.1. The molecule has 6 aromatic rings. The molecule has 0 bridgehead atoms. The van der Waals surface area contributed by atoms with Gasteiger partial charge in [-0.2, -0.15) is 0 Å². The number of nitrogens with one attached hydrogen (secondary N) is 2. The van der Waals surface area contributed by atoms with Crippen molar-refractivity contribution in [3.8, 4) is 0 Å². The number of fused-ring (bicyclic) bond motifs is 6. The van der Waals surface area contributed by atoms with Crippen LogP contribution in [0.15, 0.2) is 60.7 Å². The SMILES string of the molecule is CCCCn1c2ccccc2c2cc(CNCCCCNCc3cc4c5ccccc5n(CCCC)c4c(C)n3)nc(C)c21.Cl. The van der Waals surface area contributed by atoms with Gasteiger partial charge in [0.15, 0.2) is 0 Å². The number of unbranched alkanes of at least 4 members (excludes halogenated alkanes) is 3. The summed E-state index contributed by atoms with van der Waals surface area (Å²) in [5, 5.41) is 12.6. The van der Waals surface area contributed by atoms with Crippen molar-refractivity contribution in [3.05, 3.63) is 83.4 Å². The summed E-state index contributed by atoms with van der Waals surface area (Å²) in [7, 11) is 0. The third-order valence-electron chi connectivity index (χ3n) is 8.99. The molecule has 0 fully saturated rings. The van der Waals surface area contributed by atoms with E-state index in [-0.39, 0.29) is 12.4 Å². The number of hydrogen-bond acceptors (Lipinski definition) is 4. The Bertz CT molecular complexity index is 1750. The van der Waals surface area contributed by atoms with E-state index in [1.165, 1.54) is 69.3 Å². The highest BCUT2D eigenvalue weighted by Gasteiger charge is 2.15. The zero-order chi connectivity index (χ0) is 30.5. The molecule has 7 heteroatoms. The van der Waals surface area contributed by atoms with E-state index in [1.54, 1.807) is 0 Å². The Morgan fingerprint density at radius 3 is 1.42 bits per heavy atom. The highest BCUT2D eigenvalue weighted by molar-refractivity contribution is 6.09. The lowest BCUT2D eigenvalue weighted by Gasteiger charge is -2.11. The van der Waals surface area contributed by atoms with Crippen molar-refractivity contribution in [2.24, 2.45) is 0 Å². The van der Waals surface area contributed by atoms with Crippen molar-refractivity contribution >= 4 is 56.0 Å². The number of aromatic nitrogens is 4. The number of aryl methyl sites for hydroxylation is 4. The number of hydrogen-bond donors (Lipinski definition) is 2. The quantitative estimate of drug-likeness (QED) is 0.112. The van der Waals surface area contributed by atoms with E-state index >= 15 is 0 Å². The number of halogens is 1. The summed E-state index contributed by atoms with van der Waals surface area (Å²) >= 11 is 0. The zero-order valence-corrected chi connectivity index (χ0v) is 28.3. The summed E-state index contributed by atoms with van der Waals surface area (Å²) in [5.41, 5.74) is 9.73. The van der Waals surface area contributed by atoms with Crippen LogP contribution in [0, 0.1) is 13.8 Å². The minimum absolute atomic E-state index is 0. The van der Waals surface area contributed by atoms with E-state index in [9.17, 15) is 0 Å². The van der Waals surface area contributed by atoms with Crippen molar-refractivity contribution in [3.63, 3.8) is 0 Å². The summed E-state index contributed by atoms with van der Waals surface area (Å²) in [6.45, 7) is 14.5. The molecule has 0 aliphatic heterocycles. The average Bonchev–Trinajstić information content (AvgIpc) is 3.53. The number of pyridine rings is 2. The fraction of sp³-hybridized carbons (Fsp3) is 0.421. The topological polar surface area (TPSA) is 59.7 Å². The third-order valence-corrected chi connectivity index (χ3v) is 8.99. The number of para-hydroxylation sites is 2. The lowest BCUT2D eigenvalue weighted by atomic mass is 10.1. The van der Waals surface area contributed by atoms with Crippen LogP contribution in [0.3, 0.4) is 0 Å². The van der Waals surface area contributed by atoms with E-state index in [1.807, 2.05) is 0 Å². The van der Waals surface area contributed by atoms with Gasteiger partial charge in [-0.05, 0) is 76.9 Å². The Morgan fingerprint density at radius 1 is 0.578 bits per heavy atom. The third kappa shape index (κ3) is 6.89. The molecule has 238 valence electrons. The van der Waals surface area contributed by atoms with Gasteiger partial charge >= 0.3 is 0 Å². The van der Waals surface area contributed by atoms with Crippen LogP contribution < -0.4 is 10.6 Å². The summed E-state index contributed by atoms with van der Waals surface area (Å²) in [6, 6.07) is 22.2. The summed E-state index contributed by atoms with van der Waals surface area (Å²) < 4.78 is 4.95. The Hall–Kier alpha value is -3.45. The van der Waals surface area contributed by atoms with Crippen LogP contribution in [0.25, 0.3) is 43.6 Å². The summed E-state index contributed by atoms with van der Waals surface area (Å²) in [6.07, 6.45) is 7.00. The van der Waals surface area contributed by atoms with Gasteiger partial charge in [0.1, 0.15) is 0 Å². The Morgan fingerprint density at radius 2 is 1.00 bits per heavy atom. The van der Waals surface area contributed by atoms with Crippen molar-refractivity contribution in [2.45, 2.75) is 92.4 Å². The van der Waals surface area contributed by atoms with Gasteiger partial charge in [0.25, 0.3) is 0 Å². The molecule has 0 spiro atoms. The molecule has 0 saturated carbocycles.